The second kappa shape index (κ2) is 5.01. The van der Waals surface area contributed by atoms with Crippen molar-refractivity contribution in [2.24, 2.45) is 0 Å². The van der Waals surface area contributed by atoms with Gasteiger partial charge in [-0.05, 0) is 30.2 Å². The molecule has 4 nitrogen and oxygen atoms in total. The Morgan fingerprint density at radius 1 is 1.21 bits per heavy atom. The molecule has 1 aromatic heterocycles. The van der Waals surface area contributed by atoms with Crippen molar-refractivity contribution in [2.75, 3.05) is 0 Å². The van der Waals surface area contributed by atoms with Crippen molar-refractivity contribution >= 4 is 11.6 Å². The van der Waals surface area contributed by atoms with Gasteiger partial charge in [0.2, 0.25) is 0 Å². The minimum atomic E-state index is -0.647. The normalized spacial score (nSPS) is 11.0. The molecule has 0 radical (unpaired) electrons. The summed E-state index contributed by atoms with van der Waals surface area (Å²) in [5, 5.41) is 0.0448. The molecule has 2 aromatic rings. The van der Waals surface area contributed by atoms with Gasteiger partial charge in [-0.3, -0.25) is 9.78 Å². The lowest BCUT2D eigenvalue weighted by Gasteiger charge is -2.11. The van der Waals surface area contributed by atoms with E-state index in [-0.39, 0.29) is 11.1 Å². The molecule has 0 atom stereocenters. The molecule has 0 amide bonds. The van der Waals surface area contributed by atoms with Crippen LogP contribution in [0.3, 0.4) is 0 Å². The van der Waals surface area contributed by atoms with E-state index in [0.29, 0.717) is 11.3 Å². The number of halogens is 2. The smallest absolute Gasteiger partial charge is 0.297 e. The lowest BCUT2D eigenvalue weighted by Crippen LogP contribution is -2.36. The summed E-state index contributed by atoms with van der Waals surface area (Å²) in [5.74, 6) is -0.574. The number of hydrogen-bond acceptors (Lipinski definition) is 2. The SMILES string of the molecule is CC(C)c1c(Cl)[nH]c(=O)n(-c2ccc(F)cc2)c1=O. The van der Waals surface area contributed by atoms with Gasteiger partial charge < -0.3 is 0 Å². The van der Waals surface area contributed by atoms with Gasteiger partial charge in [0.1, 0.15) is 11.0 Å². The van der Waals surface area contributed by atoms with Crippen LogP contribution in [0.5, 0.6) is 0 Å². The number of aromatic amines is 1. The standard InChI is InChI=1S/C13H12ClFN2O2/c1-7(2)10-11(14)16-13(19)17(12(10)18)9-5-3-8(15)4-6-9/h3-7H,1-2H3,(H,16,19). The maximum absolute atomic E-state index is 12.9. The molecule has 1 heterocycles. The quantitative estimate of drug-likeness (QED) is 0.860. The number of nitrogens with zero attached hydrogens (tertiary/aromatic N) is 1. The Morgan fingerprint density at radius 2 is 1.79 bits per heavy atom. The Labute approximate surface area is 113 Å². The van der Waals surface area contributed by atoms with Crippen LogP contribution in [0.2, 0.25) is 5.15 Å². The minimum Gasteiger partial charge on any atom is -0.297 e. The van der Waals surface area contributed by atoms with E-state index in [0.717, 1.165) is 4.57 Å². The highest BCUT2D eigenvalue weighted by molar-refractivity contribution is 6.30. The average Bonchev–Trinajstić information content (AvgIpc) is 2.30. The van der Waals surface area contributed by atoms with Crippen LogP contribution in [-0.4, -0.2) is 9.55 Å². The molecule has 0 aliphatic heterocycles. The summed E-state index contributed by atoms with van der Waals surface area (Å²) in [6, 6.07) is 5.10. The van der Waals surface area contributed by atoms with Gasteiger partial charge >= 0.3 is 5.69 Å². The lowest BCUT2D eigenvalue weighted by molar-refractivity contribution is 0.627. The Balaban J connectivity index is 2.78. The zero-order valence-corrected chi connectivity index (χ0v) is 11.2. The van der Waals surface area contributed by atoms with E-state index in [2.05, 4.69) is 4.98 Å². The van der Waals surface area contributed by atoms with Crippen LogP contribution in [0.15, 0.2) is 33.9 Å². The average molecular weight is 283 g/mol. The highest BCUT2D eigenvalue weighted by Gasteiger charge is 2.16. The monoisotopic (exact) mass is 282 g/mol. The molecule has 1 N–H and O–H groups in total. The van der Waals surface area contributed by atoms with Gasteiger partial charge in [0, 0.05) is 0 Å². The van der Waals surface area contributed by atoms with Gasteiger partial charge in [-0.25, -0.2) is 13.8 Å². The molecule has 0 bridgehead atoms. The highest BCUT2D eigenvalue weighted by atomic mass is 35.5. The van der Waals surface area contributed by atoms with Crippen molar-refractivity contribution in [3.8, 4) is 5.69 Å². The predicted octanol–water partition coefficient (Wildman–Crippen LogP) is 2.44. The van der Waals surface area contributed by atoms with E-state index >= 15 is 0 Å². The fourth-order valence-corrected chi connectivity index (χ4v) is 2.23. The molecular formula is C13H12ClFN2O2. The van der Waals surface area contributed by atoms with Gasteiger partial charge in [0.15, 0.2) is 0 Å². The van der Waals surface area contributed by atoms with Crippen LogP contribution < -0.4 is 11.2 Å². The van der Waals surface area contributed by atoms with Crippen molar-refractivity contribution in [1.29, 1.82) is 0 Å². The first-order chi connectivity index (χ1) is 8.91. The molecule has 0 aliphatic rings. The number of aromatic nitrogens is 2. The Bertz CT molecular complexity index is 717. The molecule has 0 unspecified atom stereocenters. The molecule has 0 saturated heterocycles. The Kier molecular flexibility index (Phi) is 3.57. The largest absolute Gasteiger partial charge is 0.334 e. The predicted molar refractivity (Wildman–Crippen MR) is 71.7 cm³/mol. The number of nitrogens with one attached hydrogen (secondary N) is 1. The summed E-state index contributed by atoms with van der Waals surface area (Å²) in [7, 11) is 0. The first-order valence-corrected chi connectivity index (χ1v) is 6.10. The van der Waals surface area contributed by atoms with Crippen LogP contribution in [-0.2, 0) is 0 Å². The van der Waals surface area contributed by atoms with Crippen LogP contribution in [0.4, 0.5) is 4.39 Å². The molecule has 100 valence electrons. The minimum absolute atomic E-state index is 0.0448. The van der Waals surface area contributed by atoms with Gasteiger partial charge in [-0.2, -0.15) is 0 Å². The summed E-state index contributed by atoms with van der Waals surface area (Å²) < 4.78 is 13.8. The zero-order valence-electron chi connectivity index (χ0n) is 10.4. The van der Waals surface area contributed by atoms with Gasteiger partial charge in [-0.1, -0.05) is 25.4 Å². The molecule has 1 aromatic carbocycles. The first kappa shape index (κ1) is 13.5. The summed E-state index contributed by atoms with van der Waals surface area (Å²) >= 11 is 5.89. The maximum Gasteiger partial charge on any atom is 0.334 e. The van der Waals surface area contributed by atoms with Crippen molar-refractivity contribution in [1.82, 2.24) is 9.55 Å². The van der Waals surface area contributed by atoms with E-state index in [1.807, 2.05) is 0 Å². The van der Waals surface area contributed by atoms with Gasteiger partial charge in [0.05, 0.1) is 11.3 Å². The van der Waals surface area contributed by atoms with Gasteiger partial charge in [-0.15, -0.1) is 0 Å². The molecule has 2 rings (SSSR count). The van der Waals surface area contributed by atoms with Gasteiger partial charge in [0.25, 0.3) is 5.56 Å². The molecule has 0 spiro atoms. The summed E-state index contributed by atoms with van der Waals surface area (Å²) in [4.78, 5) is 26.6. The molecule has 19 heavy (non-hydrogen) atoms. The van der Waals surface area contributed by atoms with E-state index in [1.54, 1.807) is 13.8 Å². The number of rotatable bonds is 2. The van der Waals surface area contributed by atoms with E-state index in [1.165, 1.54) is 24.3 Å². The van der Waals surface area contributed by atoms with Crippen molar-refractivity contribution in [3.63, 3.8) is 0 Å². The topological polar surface area (TPSA) is 54.9 Å². The highest BCUT2D eigenvalue weighted by Crippen LogP contribution is 2.17. The first-order valence-electron chi connectivity index (χ1n) is 5.72. The Hall–Kier alpha value is -1.88. The molecule has 6 heteroatoms. The second-order valence-electron chi connectivity index (χ2n) is 4.43. The van der Waals surface area contributed by atoms with Crippen molar-refractivity contribution in [3.05, 3.63) is 61.6 Å². The lowest BCUT2D eigenvalue weighted by atomic mass is 10.1. The third-order valence-corrected chi connectivity index (χ3v) is 3.05. The fourth-order valence-electron chi connectivity index (χ4n) is 1.85. The van der Waals surface area contributed by atoms with Crippen LogP contribution in [0, 0.1) is 5.82 Å². The molecule has 0 saturated carbocycles. The van der Waals surface area contributed by atoms with Crippen LogP contribution >= 0.6 is 11.6 Å². The third kappa shape index (κ3) is 2.46. The number of benzene rings is 1. The molecule has 0 aliphatic carbocycles. The van der Waals surface area contributed by atoms with Crippen LogP contribution in [0.25, 0.3) is 5.69 Å². The van der Waals surface area contributed by atoms with Crippen molar-refractivity contribution in [2.45, 2.75) is 19.8 Å². The fraction of sp³-hybridized carbons (Fsp3) is 0.231. The number of hydrogen-bond donors (Lipinski definition) is 1. The second-order valence-corrected chi connectivity index (χ2v) is 4.81. The van der Waals surface area contributed by atoms with E-state index in [9.17, 15) is 14.0 Å². The molecule has 0 fully saturated rings. The Morgan fingerprint density at radius 3 is 2.32 bits per heavy atom. The maximum atomic E-state index is 12.9. The molecular weight excluding hydrogens is 271 g/mol. The van der Waals surface area contributed by atoms with E-state index in [4.69, 9.17) is 11.6 Å². The van der Waals surface area contributed by atoms with Crippen molar-refractivity contribution < 1.29 is 4.39 Å². The zero-order chi connectivity index (χ0) is 14.2. The summed E-state index contributed by atoms with van der Waals surface area (Å²) in [6.45, 7) is 3.60. The number of H-pyrrole nitrogens is 1. The van der Waals surface area contributed by atoms with Crippen LogP contribution in [0.1, 0.15) is 25.3 Å². The summed E-state index contributed by atoms with van der Waals surface area (Å²) in [5.41, 5.74) is -0.516. The summed E-state index contributed by atoms with van der Waals surface area (Å²) in [6.07, 6.45) is 0. The van der Waals surface area contributed by atoms with E-state index < -0.39 is 17.1 Å². The third-order valence-electron chi connectivity index (χ3n) is 2.75.